The Morgan fingerprint density at radius 1 is 1.07 bits per heavy atom. The molecule has 1 aliphatic rings. The number of piperidine rings is 1. The van der Waals surface area contributed by atoms with Gasteiger partial charge in [-0.15, -0.1) is 0 Å². The van der Waals surface area contributed by atoms with Gasteiger partial charge in [0.1, 0.15) is 5.69 Å². The van der Waals surface area contributed by atoms with Crippen molar-refractivity contribution in [1.29, 1.82) is 0 Å². The van der Waals surface area contributed by atoms with E-state index in [9.17, 15) is 9.59 Å². The number of fused-ring (bicyclic) bond motifs is 1. The van der Waals surface area contributed by atoms with Crippen LogP contribution >= 0.6 is 0 Å². The van der Waals surface area contributed by atoms with Gasteiger partial charge in [-0.1, -0.05) is 30.7 Å². The van der Waals surface area contributed by atoms with Crippen molar-refractivity contribution in [3.63, 3.8) is 0 Å². The number of likely N-dealkylation sites (tertiary alicyclic amines) is 1. The van der Waals surface area contributed by atoms with Gasteiger partial charge in [0, 0.05) is 43.0 Å². The Morgan fingerprint density at radius 3 is 2.86 bits per heavy atom. The van der Waals surface area contributed by atoms with E-state index in [1.807, 2.05) is 30.3 Å². The molecule has 1 aromatic carbocycles. The summed E-state index contributed by atoms with van der Waals surface area (Å²) in [5, 5.41) is 9.07. The molecule has 0 bridgehead atoms. The molecule has 4 rings (SSSR count). The van der Waals surface area contributed by atoms with E-state index in [2.05, 4.69) is 20.3 Å². The molecule has 0 radical (unpaired) electrons. The van der Waals surface area contributed by atoms with E-state index in [0.717, 1.165) is 43.1 Å². The molecule has 2 aromatic heterocycles. The molecule has 1 atom stereocenters. The van der Waals surface area contributed by atoms with E-state index >= 15 is 0 Å². The van der Waals surface area contributed by atoms with Gasteiger partial charge in [0.25, 0.3) is 11.5 Å². The van der Waals surface area contributed by atoms with Gasteiger partial charge in [0.15, 0.2) is 0 Å². The largest absolute Gasteiger partial charge is 0.349 e. The second-order valence-corrected chi connectivity index (χ2v) is 7.36. The highest BCUT2D eigenvalue weighted by Gasteiger charge is 2.23. The first-order valence-corrected chi connectivity index (χ1v) is 10.1. The fraction of sp³-hybridized carbons (Fsp3) is 0.364. The summed E-state index contributed by atoms with van der Waals surface area (Å²) in [4.78, 5) is 31.3. The van der Waals surface area contributed by atoms with Crippen LogP contribution in [0.4, 0.5) is 0 Å². The Bertz CT molecular complexity index is 1040. The van der Waals surface area contributed by atoms with Crippen molar-refractivity contribution < 1.29 is 4.79 Å². The summed E-state index contributed by atoms with van der Waals surface area (Å²) in [5.41, 5.74) is 0.377. The molecular formula is C22H25N5O2. The van der Waals surface area contributed by atoms with Gasteiger partial charge in [-0.2, -0.15) is 5.10 Å². The van der Waals surface area contributed by atoms with E-state index in [0.29, 0.717) is 18.8 Å². The van der Waals surface area contributed by atoms with E-state index in [4.69, 9.17) is 0 Å². The molecule has 0 aliphatic carbocycles. The summed E-state index contributed by atoms with van der Waals surface area (Å²) in [7, 11) is 0. The Kier molecular flexibility index (Phi) is 5.95. The minimum Gasteiger partial charge on any atom is -0.349 e. The third-order valence-corrected chi connectivity index (χ3v) is 5.52. The van der Waals surface area contributed by atoms with Gasteiger partial charge in [-0.05, 0) is 36.9 Å². The number of nitrogens with one attached hydrogen (secondary N) is 1. The van der Waals surface area contributed by atoms with Gasteiger partial charge in [0.2, 0.25) is 0 Å². The van der Waals surface area contributed by atoms with Crippen molar-refractivity contribution in [3.05, 3.63) is 70.9 Å². The van der Waals surface area contributed by atoms with Crippen LogP contribution in [-0.2, 0) is 6.54 Å². The van der Waals surface area contributed by atoms with Crippen molar-refractivity contribution in [1.82, 2.24) is 25.0 Å². The Labute approximate surface area is 169 Å². The SMILES string of the molecule is O=C(NCC1CCCCN1CCn1ncccc1=O)c1nccc2ccccc12. The average molecular weight is 391 g/mol. The molecule has 1 aliphatic heterocycles. The van der Waals surface area contributed by atoms with E-state index < -0.39 is 0 Å². The highest BCUT2D eigenvalue weighted by molar-refractivity contribution is 6.05. The van der Waals surface area contributed by atoms with Crippen molar-refractivity contribution in [2.45, 2.75) is 31.8 Å². The van der Waals surface area contributed by atoms with Gasteiger partial charge in [-0.3, -0.25) is 19.5 Å². The maximum absolute atomic E-state index is 12.8. The molecule has 1 unspecified atom stereocenters. The Balaban J connectivity index is 1.40. The van der Waals surface area contributed by atoms with Crippen molar-refractivity contribution in [3.8, 4) is 0 Å². The summed E-state index contributed by atoms with van der Waals surface area (Å²) in [6.45, 7) is 2.83. The lowest BCUT2D eigenvalue weighted by atomic mass is 10.0. The molecule has 3 heterocycles. The van der Waals surface area contributed by atoms with E-state index in [1.54, 1.807) is 18.5 Å². The predicted molar refractivity (Wildman–Crippen MR) is 112 cm³/mol. The number of hydrogen-bond acceptors (Lipinski definition) is 5. The molecule has 7 heteroatoms. The maximum atomic E-state index is 12.8. The zero-order valence-electron chi connectivity index (χ0n) is 16.3. The number of benzene rings is 1. The predicted octanol–water partition coefficient (Wildman–Crippen LogP) is 2.08. The zero-order valence-corrected chi connectivity index (χ0v) is 16.3. The van der Waals surface area contributed by atoms with Crippen LogP contribution in [0.5, 0.6) is 0 Å². The molecular weight excluding hydrogens is 366 g/mol. The minimum absolute atomic E-state index is 0.0867. The molecule has 1 fully saturated rings. The molecule has 1 N–H and O–H groups in total. The zero-order chi connectivity index (χ0) is 20.1. The van der Waals surface area contributed by atoms with Crippen LogP contribution in [0.1, 0.15) is 29.8 Å². The van der Waals surface area contributed by atoms with E-state index in [1.165, 1.54) is 10.7 Å². The smallest absolute Gasteiger partial charge is 0.270 e. The summed E-state index contributed by atoms with van der Waals surface area (Å²) >= 11 is 0. The fourth-order valence-electron chi connectivity index (χ4n) is 3.96. The van der Waals surface area contributed by atoms with Crippen LogP contribution in [0.25, 0.3) is 10.8 Å². The Morgan fingerprint density at radius 2 is 1.97 bits per heavy atom. The third kappa shape index (κ3) is 4.51. The van der Waals surface area contributed by atoms with Crippen LogP contribution < -0.4 is 10.9 Å². The molecule has 0 saturated carbocycles. The summed E-state index contributed by atoms with van der Waals surface area (Å²) < 4.78 is 1.49. The lowest BCUT2D eigenvalue weighted by molar-refractivity contribution is 0.0906. The lowest BCUT2D eigenvalue weighted by Crippen LogP contribution is -2.48. The van der Waals surface area contributed by atoms with Crippen molar-refractivity contribution in [2.24, 2.45) is 0 Å². The topological polar surface area (TPSA) is 80.1 Å². The first-order chi connectivity index (χ1) is 14.2. The van der Waals surface area contributed by atoms with Crippen LogP contribution in [0.3, 0.4) is 0 Å². The maximum Gasteiger partial charge on any atom is 0.270 e. The van der Waals surface area contributed by atoms with Crippen LogP contribution in [0.2, 0.25) is 0 Å². The first-order valence-electron chi connectivity index (χ1n) is 10.1. The quantitative estimate of drug-likeness (QED) is 0.696. The van der Waals surface area contributed by atoms with Gasteiger partial charge in [-0.25, -0.2) is 4.68 Å². The second-order valence-electron chi connectivity index (χ2n) is 7.36. The fourth-order valence-corrected chi connectivity index (χ4v) is 3.96. The molecule has 7 nitrogen and oxygen atoms in total. The van der Waals surface area contributed by atoms with Gasteiger partial charge >= 0.3 is 0 Å². The Hall–Kier alpha value is -3.06. The molecule has 29 heavy (non-hydrogen) atoms. The number of aromatic nitrogens is 3. The molecule has 0 spiro atoms. The average Bonchev–Trinajstić information content (AvgIpc) is 2.77. The number of carbonyl (C=O) groups excluding carboxylic acids is 1. The number of rotatable bonds is 6. The van der Waals surface area contributed by atoms with E-state index in [-0.39, 0.29) is 17.5 Å². The molecule has 3 aromatic rings. The normalized spacial score (nSPS) is 17.3. The van der Waals surface area contributed by atoms with Gasteiger partial charge in [0.05, 0.1) is 6.54 Å². The van der Waals surface area contributed by atoms with Crippen molar-refractivity contribution >= 4 is 16.7 Å². The number of hydrogen-bond donors (Lipinski definition) is 1. The summed E-state index contributed by atoms with van der Waals surface area (Å²) in [6.07, 6.45) is 6.61. The number of pyridine rings is 1. The third-order valence-electron chi connectivity index (χ3n) is 5.52. The summed E-state index contributed by atoms with van der Waals surface area (Å²) in [5.74, 6) is -0.145. The molecule has 1 amide bonds. The lowest BCUT2D eigenvalue weighted by Gasteiger charge is -2.35. The number of nitrogens with zero attached hydrogens (tertiary/aromatic N) is 4. The standard InChI is InChI=1S/C22H25N5O2/c28-20-9-5-11-25-27(20)15-14-26-13-4-3-7-18(26)16-24-22(29)21-19-8-2-1-6-17(19)10-12-23-21/h1-2,5-6,8-12,18H,3-4,7,13-16H2,(H,24,29). The number of amides is 1. The van der Waals surface area contributed by atoms with Crippen LogP contribution in [0, 0.1) is 0 Å². The van der Waals surface area contributed by atoms with Crippen LogP contribution in [0.15, 0.2) is 59.7 Å². The van der Waals surface area contributed by atoms with Crippen molar-refractivity contribution in [2.75, 3.05) is 19.6 Å². The first kappa shape index (κ1) is 19.3. The minimum atomic E-state index is -0.145. The number of carbonyl (C=O) groups is 1. The monoisotopic (exact) mass is 391 g/mol. The molecule has 150 valence electrons. The summed E-state index contributed by atoms with van der Waals surface area (Å²) in [6, 6.07) is 13.1. The molecule has 1 saturated heterocycles. The second kappa shape index (κ2) is 8.96. The highest BCUT2D eigenvalue weighted by atomic mass is 16.2. The van der Waals surface area contributed by atoms with Crippen LogP contribution in [-0.4, -0.2) is 51.2 Å². The van der Waals surface area contributed by atoms with Gasteiger partial charge < -0.3 is 5.32 Å². The highest BCUT2D eigenvalue weighted by Crippen LogP contribution is 2.18.